The third kappa shape index (κ3) is 5.16. The third-order valence-corrected chi connectivity index (χ3v) is 2.96. The van der Waals surface area contributed by atoms with Crippen LogP contribution in [0.4, 0.5) is 13.2 Å². The number of alkyl halides is 3. The first-order valence-corrected chi connectivity index (χ1v) is 7.08. The molecule has 0 aliphatic heterocycles. The molecule has 0 N–H and O–H groups in total. The topological polar surface area (TPSA) is 61.1 Å². The summed E-state index contributed by atoms with van der Waals surface area (Å²) in [4.78, 5) is 0. The van der Waals surface area contributed by atoms with E-state index in [0.717, 1.165) is 0 Å². The standard InChI is InChI=1S/C12H12N.CHF3O3S/c1-11-7-3-4-8-12(11)13-9-5-2-6-10-13;2-1(3,4)8(5,6)7/h2-10H,1H3;(H,5,6,7)/q+1;/p-1. The molecule has 8 heteroatoms. The maximum absolute atomic E-state index is 10.7. The van der Waals surface area contributed by atoms with Crippen molar-refractivity contribution in [3.8, 4) is 5.69 Å². The van der Waals surface area contributed by atoms with Crippen molar-refractivity contribution in [1.29, 1.82) is 0 Å². The highest BCUT2D eigenvalue weighted by Gasteiger charge is 2.36. The van der Waals surface area contributed by atoms with Crippen molar-refractivity contribution in [1.82, 2.24) is 0 Å². The Hall–Kier alpha value is -1.93. The lowest BCUT2D eigenvalue weighted by Gasteiger charge is -2.08. The SMILES string of the molecule is Cc1ccccc1-[n+]1ccccc1.O=S(=O)([O-])C(F)(F)F. The Labute approximate surface area is 120 Å². The van der Waals surface area contributed by atoms with E-state index in [4.69, 9.17) is 13.0 Å². The lowest BCUT2D eigenvalue weighted by molar-refractivity contribution is -0.596. The van der Waals surface area contributed by atoms with E-state index in [0.29, 0.717) is 0 Å². The van der Waals surface area contributed by atoms with Crippen LogP contribution in [0.3, 0.4) is 0 Å². The molecule has 0 bridgehead atoms. The van der Waals surface area contributed by atoms with Gasteiger partial charge in [0.05, 0.1) is 0 Å². The molecule has 114 valence electrons. The van der Waals surface area contributed by atoms with Gasteiger partial charge in [0, 0.05) is 23.8 Å². The molecule has 0 fully saturated rings. The second-order valence-corrected chi connectivity index (χ2v) is 5.34. The number of hydrogen-bond donors (Lipinski definition) is 0. The Bertz CT molecular complexity index is 685. The molecule has 1 aromatic carbocycles. The zero-order chi connectivity index (χ0) is 16.1. The Kier molecular flexibility index (Phi) is 5.45. The molecule has 2 aromatic rings. The van der Waals surface area contributed by atoms with E-state index < -0.39 is 15.6 Å². The van der Waals surface area contributed by atoms with Crippen LogP contribution in [0.5, 0.6) is 0 Å². The van der Waals surface area contributed by atoms with Gasteiger partial charge in [0.1, 0.15) is 0 Å². The number of nitrogens with zero attached hydrogens (tertiary/aromatic N) is 1. The summed E-state index contributed by atoms with van der Waals surface area (Å²) >= 11 is 0. The molecule has 0 radical (unpaired) electrons. The second-order valence-electron chi connectivity index (χ2n) is 3.97. The van der Waals surface area contributed by atoms with Crippen molar-refractivity contribution in [2.75, 3.05) is 0 Å². The van der Waals surface area contributed by atoms with E-state index in [9.17, 15) is 13.2 Å². The van der Waals surface area contributed by atoms with Crippen LogP contribution in [0.1, 0.15) is 5.56 Å². The Morgan fingerprint density at radius 2 is 1.48 bits per heavy atom. The molecule has 2 rings (SSSR count). The van der Waals surface area contributed by atoms with E-state index in [1.165, 1.54) is 11.3 Å². The first-order valence-electron chi connectivity index (χ1n) is 5.67. The summed E-state index contributed by atoms with van der Waals surface area (Å²) in [7, 11) is -6.09. The molecule has 0 aliphatic carbocycles. The third-order valence-electron chi connectivity index (χ3n) is 2.39. The predicted octanol–water partition coefficient (Wildman–Crippen LogP) is 2.32. The molecule has 0 saturated heterocycles. The van der Waals surface area contributed by atoms with Gasteiger partial charge in [0.15, 0.2) is 22.5 Å². The minimum atomic E-state index is -6.09. The van der Waals surface area contributed by atoms with Crippen molar-refractivity contribution >= 4 is 10.1 Å². The fraction of sp³-hybridized carbons (Fsp3) is 0.154. The maximum Gasteiger partial charge on any atom is 0.485 e. The average Bonchev–Trinajstić information content (AvgIpc) is 2.39. The van der Waals surface area contributed by atoms with Gasteiger partial charge in [-0.2, -0.15) is 17.7 Å². The monoisotopic (exact) mass is 319 g/mol. The molecular formula is C13H12F3NO3S. The molecule has 0 aliphatic rings. The molecule has 0 unspecified atom stereocenters. The molecule has 21 heavy (non-hydrogen) atoms. The zero-order valence-corrected chi connectivity index (χ0v) is 11.7. The van der Waals surface area contributed by atoms with Gasteiger partial charge < -0.3 is 4.55 Å². The number of aromatic nitrogens is 1. The van der Waals surface area contributed by atoms with Gasteiger partial charge in [0.25, 0.3) is 0 Å². The molecule has 0 atom stereocenters. The zero-order valence-electron chi connectivity index (χ0n) is 10.9. The van der Waals surface area contributed by atoms with Crippen LogP contribution in [0.15, 0.2) is 54.9 Å². The molecule has 1 aromatic heterocycles. The summed E-state index contributed by atoms with van der Waals surface area (Å²) in [5, 5.41) is 0. The van der Waals surface area contributed by atoms with Crippen molar-refractivity contribution in [2.45, 2.75) is 12.4 Å². The van der Waals surface area contributed by atoms with Crippen molar-refractivity contribution in [2.24, 2.45) is 0 Å². The second kappa shape index (κ2) is 6.68. The van der Waals surface area contributed by atoms with Crippen LogP contribution in [0.25, 0.3) is 5.69 Å². The number of aryl methyl sites for hydroxylation is 1. The van der Waals surface area contributed by atoms with E-state index in [1.807, 2.05) is 18.2 Å². The van der Waals surface area contributed by atoms with Crippen molar-refractivity contribution < 1.29 is 30.7 Å². The Morgan fingerprint density at radius 3 is 1.90 bits per heavy atom. The van der Waals surface area contributed by atoms with Crippen molar-refractivity contribution in [3.63, 3.8) is 0 Å². The quantitative estimate of drug-likeness (QED) is 0.460. The highest BCUT2D eigenvalue weighted by atomic mass is 32.2. The fourth-order valence-corrected chi connectivity index (χ4v) is 1.41. The molecule has 0 saturated carbocycles. The minimum Gasteiger partial charge on any atom is -0.741 e. The summed E-state index contributed by atoms with van der Waals surface area (Å²) in [6.45, 7) is 2.12. The first kappa shape index (κ1) is 17.1. The molecule has 0 amide bonds. The summed E-state index contributed by atoms with van der Waals surface area (Å²) in [6.07, 6.45) is 4.12. The Morgan fingerprint density at radius 1 is 1.00 bits per heavy atom. The molecule has 0 spiro atoms. The molecule has 1 heterocycles. The number of para-hydroxylation sites is 1. The number of hydrogen-bond acceptors (Lipinski definition) is 3. The van der Waals surface area contributed by atoms with Crippen LogP contribution < -0.4 is 4.57 Å². The van der Waals surface area contributed by atoms with E-state index >= 15 is 0 Å². The minimum absolute atomic E-state index is 1.24. The van der Waals surface area contributed by atoms with Crippen LogP contribution in [-0.2, 0) is 10.1 Å². The number of rotatable bonds is 1. The number of benzene rings is 1. The summed E-state index contributed by atoms with van der Waals surface area (Å²) in [6, 6.07) is 14.4. The van der Waals surface area contributed by atoms with Crippen LogP contribution in [-0.4, -0.2) is 18.5 Å². The van der Waals surface area contributed by atoms with E-state index in [2.05, 4.69) is 48.1 Å². The highest BCUT2D eigenvalue weighted by Crippen LogP contribution is 2.20. The first-order chi connectivity index (χ1) is 9.63. The van der Waals surface area contributed by atoms with Gasteiger partial charge in [-0.1, -0.05) is 24.3 Å². The van der Waals surface area contributed by atoms with Crippen LogP contribution in [0, 0.1) is 6.92 Å². The van der Waals surface area contributed by atoms with E-state index in [1.54, 1.807) is 0 Å². The normalized spacial score (nSPS) is 11.5. The van der Waals surface area contributed by atoms with Gasteiger partial charge in [-0.05, 0) is 6.92 Å². The maximum atomic E-state index is 10.7. The highest BCUT2D eigenvalue weighted by molar-refractivity contribution is 7.86. The summed E-state index contributed by atoms with van der Waals surface area (Å²) < 4.78 is 61.0. The largest absolute Gasteiger partial charge is 0.741 e. The van der Waals surface area contributed by atoms with Gasteiger partial charge in [0.2, 0.25) is 5.69 Å². The summed E-state index contributed by atoms with van der Waals surface area (Å²) in [5.74, 6) is 0. The van der Waals surface area contributed by atoms with E-state index in [-0.39, 0.29) is 0 Å². The van der Waals surface area contributed by atoms with Crippen molar-refractivity contribution in [3.05, 3.63) is 60.4 Å². The van der Waals surface area contributed by atoms with Crippen LogP contribution in [0.2, 0.25) is 0 Å². The number of halogens is 3. The predicted molar refractivity (Wildman–Crippen MR) is 68.5 cm³/mol. The fourth-order valence-electron chi connectivity index (χ4n) is 1.41. The van der Waals surface area contributed by atoms with Crippen LogP contribution >= 0.6 is 0 Å². The summed E-state index contributed by atoms with van der Waals surface area (Å²) in [5.41, 5.74) is -3.12. The molecule has 4 nitrogen and oxygen atoms in total. The van der Waals surface area contributed by atoms with Gasteiger partial charge in [-0.15, -0.1) is 0 Å². The number of pyridine rings is 1. The Balaban J connectivity index is 0.000000240. The lowest BCUT2D eigenvalue weighted by Crippen LogP contribution is -2.29. The van der Waals surface area contributed by atoms with Gasteiger partial charge in [-0.25, -0.2) is 8.42 Å². The average molecular weight is 319 g/mol. The smallest absolute Gasteiger partial charge is 0.485 e. The van der Waals surface area contributed by atoms with Gasteiger partial charge >= 0.3 is 5.51 Å². The molecular weight excluding hydrogens is 307 g/mol. The lowest BCUT2D eigenvalue weighted by atomic mass is 10.2. The van der Waals surface area contributed by atoms with Gasteiger partial charge in [-0.3, -0.25) is 0 Å².